The van der Waals surface area contributed by atoms with E-state index < -0.39 is 0 Å². The zero-order valence-corrected chi connectivity index (χ0v) is 12.2. The highest BCUT2D eigenvalue weighted by molar-refractivity contribution is 5.62. The molecule has 0 bridgehead atoms. The lowest BCUT2D eigenvalue weighted by Crippen LogP contribution is -1.73. The SMILES string of the molecule is Cc1nc(C)c(C)[nH]1.c1ccc(-c2ccccc2)cc1. The van der Waals surface area contributed by atoms with Crippen molar-refractivity contribution in [3.8, 4) is 11.1 Å². The van der Waals surface area contributed by atoms with Crippen LogP contribution in [0.4, 0.5) is 0 Å². The van der Waals surface area contributed by atoms with Gasteiger partial charge in [-0.1, -0.05) is 60.7 Å². The van der Waals surface area contributed by atoms with Gasteiger partial charge in [0.2, 0.25) is 0 Å². The van der Waals surface area contributed by atoms with Crippen LogP contribution in [0.2, 0.25) is 0 Å². The van der Waals surface area contributed by atoms with E-state index in [0.717, 1.165) is 11.5 Å². The van der Waals surface area contributed by atoms with E-state index in [2.05, 4.69) is 58.5 Å². The van der Waals surface area contributed by atoms with Gasteiger partial charge < -0.3 is 4.98 Å². The zero-order valence-electron chi connectivity index (χ0n) is 12.2. The highest BCUT2D eigenvalue weighted by Crippen LogP contribution is 2.17. The number of aromatic nitrogens is 2. The maximum absolute atomic E-state index is 4.16. The Labute approximate surface area is 120 Å². The summed E-state index contributed by atoms with van der Waals surface area (Å²) in [5, 5.41) is 0. The molecule has 2 aromatic carbocycles. The standard InChI is InChI=1S/C12H10.C6H10N2/c1-3-7-11(8-4-1)12-9-5-2-6-10-12;1-4-5(2)8-6(3)7-4/h1-10H;1-3H3,(H,7,8). The molecule has 102 valence electrons. The van der Waals surface area contributed by atoms with Crippen LogP contribution in [0.25, 0.3) is 11.1 Å². The Balaban J connectivity index is 0.000000160. The van der Waals surface area contributed by atoms with Crippen LogP contribution >= 0.6 is 0 Å². The van der Waals surface area contributed by atoms with Crippen LogP contribution < -0.4 is 0 Å². The quantitative estimate of drug-likeness (QED) is 0.678. The Bertz CT molecular complexity index is 583. The Hall–Kier alpha value is -2.35. The topological polar surface area (TPSA) is 28.7 Å². The highest BCUT2D eigenvalue weighted by atomic mass is 14.9. The Morgan fingerprint density at radius 3 is 1.40 bits per heavy atom. The average Bonchev–Trinajstić information content (AvgIpc) is 2.78. The van der Waals surface area contributed by atoms with Crippen molar-refractivity contribution < 1.29 is 0 Å². The Morgan fingerprint density at radius 1 is 0.700 bits per heavy atom. The van der Waals surface area contributed by atoms with Gasteiger partial charge in [0.05, 0.1) is 5.69 Å². The summed E-state index contributed by atoms with van der Waals surface area (Å²) in [6.45, 7) is 5.98. The van der Waals surface area contributed by atoms with Crippen LogP contribution in [-0.2, 0) is 0 Å². The van der Waals surface area contributed by atoms with Gasteiger partial charge in [0.1, 0.15) is 5.82 Å². The van der Waals surface area contributed by atoms with E-state index in [0.29, 0.717) is 0 Å². The first-order valence-electron chi connectivity index (χ1n) is 6.77. The molecule has 0 aliphatic heterocycles. The van der Waals surface area contributed by atoms with Crippen LogP contribution in [0, 0.1) is 20.8 Å². The molecule has 1 heterocycles. The molecule has 1 aromatic heterocycles. The van der Waals surface area contributed by atoms with Gasteiger partial charge in [-0.2, -0.15) is 0 Å². The highest BCUT2D eigenvalue weighted by Gasteiger charge is 1.94. The van der Waals surface area contributed by atoms with Crippen molar-refractivity contribution >= 4 is 0 Å². The predicted molar refractivity (Wildman–Crippen MR) is 84.7 cm³/mol. The molecule has 0 spiro atoms. The average molecular weight is 264 g/mol. The summed E-state index contributed by atoms with van der Waals surface area (Å²) >= 11 is 0. The molecule has 3 rings (SSSR count). The molecule has 0 unspecified atom stereocenters. The van der Waals surface area contributed by atoms with Crippen LogP contribution in [0.3, 0.4) is 0 Å². The molecule has 0 saturated heterocycles. The van der Waals surface area contributed by atoms with Gasteiger partial charge in [0, 0.05) is 5.69 Å². The van der Waals surface area contributed by atoms with E-state index in [1.54, 1.807) is 0 Å². The molecule has 2 heteroatoms. The summed E-state index contributed by atoms with van der Waals surface area (Å²) in [5.41, 5.74) is 4.82. The van der Waals surface area contributed by atoms with E-state index in [1.807, 2.05) is 32.9 Å². The maximum Gasteiger partial charge on any atom is 0.103 e. The lowest BCUT2D eigenvalue weighted by molar-refractivity contribution is 1.12. The van der Waals surface area contributed by atoms with Gasteiger partial charge >= 0.3 is 0 Å². The van der Waals surface area contributed by atoms with Crippen molar-refractivity contribution in [2.24, 2.45) is 0 Å². The second kappa shape index (κ2) is 6.71. The predicted octanol–water partition coefficient (Wildman–Crippen LogP) is 4.69. The molecular weight excluding hydrogens is 244 g/mol. The van der Waals surface area contributed by atoms with Gasteiger partial charge in [-0.05, 0) is 31.9 Å². The fourth-order valence-electron chi connectivity index (χ4n) is 1.99. The fourth-order valence-corrected chi connectivity index (χ4v) is 1.99. The number of H-pyrrole nitrogens is 1. The van der Waals surface area contributed by atoms with Gasteiger partial charge in [0.25, 0.3) is 0 Å². The first-order chi connectivity index (χ1) is 9.66. The van der Waals surface area contributed by atoms with Crippen LogP contribution in [-0.4, -0.2) is 9.97 Å². The van der Waals surface area contributed by atoms with Gasteiger partial charge in [-0.25, -0.2) is 4.98 Å². The normalized spacial score (nSPS) is 9.75. The van der Waals surface area contributed by atoms with Crippen molar-refractivity contribution in [3.63, 3.8) is 0 Å². The first kappa shape index (κ1) is 14.1. The monoisotopic (exact) mass is 264 g/mol. The molecule has 0 aliphatic carbocycles. The summed E-state index contributed by atoms with van der Waals surface area (Å²) in [4.78, 5) is 7.25. The summed E-state index contributed by atoms with van der Waals surface area (Å²) in [5.74, 6) is 1.00. The molecule has 0 saturated carbocycles. The number of nitrogens with one attached hydrogen (secondary N) is 1. The molecular formula is C18H20N2. The largest absolute Gasteiger partial charge is 0.346 e. The zero-order chi connectivity index (χ0) is 14.4. The van der Waals surface area contributed by atoms with Crippen LogP contribution in [0.1, 0.15) is 17.2 Å². The first-order valence-corrected chi connectivity index (χ1v) is 6.77. The molecule has 0 amide bonds. The second-order valence-electron chi connectivity index (χ2n) is 4.76. The molecule has 0 radical (unpaired) electrons. The number of nitrogens with zero attached hydrogens (tertiary/aromatic N) is 1. The molecule has 1 N–H and O–H groups in total. The minimum atomic E-state index is 1.00. The molecule has 0 fully saturated rings. The van der Waals surface area contributed by atoms with Crippen LogP contribution in [0.5, 0.6) is 0 Å². The summed E-state index contributed by atoms with van der Waals surface area (Å²) in [7, 11) is 0. The third-order valence-corrected chi connectivity index (χ3v) is 3.13. The lowest BCUT2D eigenvalue weighted by atomic mass is 10.1. The minimum absolute atomic E-state index is 1.00. The summed E-state index contributed by atoms with van der Waals surface area (Å²) in [6.07, 6.45) is 0. The van der Waals surface area contributed by atoms with E-state index in [1.165, 1.54) is 16.8 Å². The number of imidazole rings is 1. The smallest absolute Gasteiger partial charge is 0.103 e. The number of hydrogen-bond acceptors (Lipinski definition) is 1. The molecule has 0 aliphatic rings. The van der Waals surface area contributed by atoms with Crippen molar-refractivity contribution in [2.75, 3.05) is 0 Å². The number of rotatable bonds is 1. The molecule has 3 aromatic rings. The Kier molecular flexibility index (Phi) is 4.72. The number of hydrogen-bond donors (Lipinski definition) is 1. The fraction of sp³-hybridized carbons (Fsp3) is 0.167. The Morgan fingerprint density at radius 2 is 1.15 bits per heavy atom. The van der Waals surface area contributed by atoms with Crippen molar-refractivity contribution in [1.82, 2.24) is 9.97 Å². The molecule has 2 nitrogen and oxygen atoms in total. The summed E-state index contributed by atoms with van der Waals surface area (Å²) < 4.78 is 0. The van der Waals surface area contributed by atoms with E-state index >= 15 is 0 Å². The minimum Gasteiger partial charge on any atom is -0.346 e. The van der Waals surface area contributed by atoms with Crippen molar-refractivity contribution in [1.29, 1.82) is 0 Å². The van der Waals surface area contributed by atoms with Gasteiger partial charge in [0.15, 0.2) is 0 Å². The van der Waals surface area contributed by atoms with Crippen LogP contribution in [0.15, 0.2) is 60.7 Å². The van der Waals surface area contributed by atoms with E-state index in [4.69, 9.17) is 0 Å². The second-order valence-corrected chi connectivity index (χ2v) is 4.76. The third kappa shape index (κ3) is 3.82. The van der Waals surface area contributed by atoms with Gasteiger partial charge in [-0.3, -0.25) is 0 Å². The number of aryl methyl sites for hydroxylation is 3. The maximum atomic E-state index is 4.16. The van der Waals surface area contributed by atoms with Gasteiger partial charge in [-0.15, -0.1) is 0 Å². The number of benzene rings is 2. The van der Waals surface area contributed by atoms with E-state index in [9.17, 15) is 0 Å². The number of aromatic amines is 1. The molecule has 0 atom stereocenters. The van der Waals surface area contributed by atoms with Crippen molar-refractivity contribution in [2.45, 2.75) is 20.8 Å². The third-order valence-electron chi connectivity index (χ3n) is 3.13. The lowest BCUT2D eigenvalue weighted by Gasteiger charge is -1.98. The van der Waals surface area contributed by atoms with Crippen molar-refractivity contribution in [3.05, 3.63) is 77.9 Å². The van der Waals surface area contributed by atoms with E-state index in [-0.39, 0.29) is 0 Å². The summed E-state index contributed by atoms with van der Waals surface area (Å²) in [6, 6.07) is 20.8. The molecule has 20 heavy (non-hydrogen) atoms.